The highest BCUT2D eigenvalue weighted by atomic mass is 32.1. The number of Topliss-reactive ketones (excluding diaryl/α,β-unsaturated/α-hetero) is 1. The minimum absolute atomic E-state index is 0.160. The molecule has 5 rings (SSSR count). The lowest BCUT2D eigenvalue weighted by Gasteiger charge is -2.31. The average molecular weight is 563 g/mol. The number of alkyl halides is 3. The van der Waals surface area contributed by atoms with E-state index in [4.69, 9.17) is 4.74 Å². The molecule has 39 heavy (non-hydrogen) atoms. The van der Waals surface area contributed by atoms with Crippen LogP contribution in [-0.2, 0) is 14.3 Å². The van der Waals surface area contributed by atoms with Crippen LogP contribution in [0.2, 0.25) is 0 Å². The molecule has 1 amide bonds. The highest BCUT2D eigenvalue weighted by Crippen LogP contribution is 2.34. The number of hydrogen-bond donors (Lipinski definition) is 1. The van der Waals surface area contributed by atoms with E-state index in [1.54, 1.807) is 0 Å². The van der Waals surface area contributed by atoms with E-state index in [-0.39, 0.29) is 56.7 Å². The molecule has 2 aromatic rings. The van der Waals surface area contributed by atoms with Crippen molar-refractivity contribution in [1.82, 2.24) is 15.2 Å². The van der Waals surface area contributed by atoms with Crippen LogP contribution in [0.15, 0.2) is 36.2 Å². The fraction of sp³-hybridized carbons (Fsp3) is 0.536. The van der Waals surface area contributed by atoms with Gasteiger partial charge in [-0.1, -0.05) is 44.7 Å². The van der Waals surface area contributed by atoms with Gasteiger partial charge in [0.15, 0.2) is 10.9 Å². The van der Waals surface area contributed by atoms with E-state index in [0.717, 1.165) is 22.0 Å². The molecule has 11 heteroatoms. The third-order valence-corrected chi connectivity index (χ3v) is 8.45. The van der Waals surface area contributed by atoms with Crippen LogP contribution in [-0.4, -0.2) is 78.1 Å². The van der Waals surface area contributed by atoms with Gasteiger partial charge >= 0.3 is 0 Å². The van der Waals surface area contributed by atoms with Gasteiger partial charge in [-0.3, -0.25) is 9.59 Å². The predicted octanol–water partition coefficient (Wildman–Crippen LogP) is 4.54. The Morgan fingerprint density at radius 3 is 2.62 bits per heavy atom. The van der Waals surface area contributed by atoms with Crippen molar-refractivity contribution in [2.75, 3.05) is 31.1 Å². The average Bonchev–Trinajstić information content (AvgIpc) is 3.61. The molecule has 1 N–H and O–H groups in total. The largest absolute Gasteiger partial charge is 0.374 e. The van der Waals surface area contributed by atoms with Gasteiger partial charge in [-0.05, 0) is 17.9 Å². The molecule has 3 saturated heterocycles. The third-order valence-electron chi connectivity index (χ3n) is 7.55. The number of ether oxygens (including phenoxy) is 1. The van der Waals surface area contributed by atoms with Crippen LogP contribution < -0.4 is 10.2 Å². The zero-order chi connectivity index (χ0) is 27.9. The lowest BCUT2D eigenvalue weighted by Crippen LogP contribution is -2.51. The SMILES string of the molecule is C=C(NC(CC(C)C)C(=O)N1C[C@H](F)[C@H]2OCC(=O)[C@H]21)c1ccc(-c2csc(N3CCC(F)(F)CC3)n2)cc1. The molecule has 0 spiro atoms. The normalized spacial score (nSPS) is 25.2. The molecule has 0 radical (unpaired) electrons. The van der Waals surface area contributed by atoms with Gasteiger partial charge in [-0.15, -0.1) is 11.3 Å². The van der Waals surface area contributed by atoms with Crippen molar-refractivity contribution >= 4 is 33.9 Å². The minimum Gasteiger partial charge on any atom is -0.374 e. The van der Waals surface area contributed by atoms with Gasteiger partial charge in [0.25, 0.3) is 5.92 Å². The van der Waals surface area contributed by atoms with Gasteiger partial charge in [0.05, 0.1) is 12.2 Å². The summed E-state index contributed by atoms with van der Waals surface area (Å²) in [6.07, 6.45) is -2.12. The third kappa shape index (κ3) is 5.84. The lowest BCUT2D eigenvalue weighted by molar-refractivity contribution is -0.138. The van der Waals surface area contributed by atoms with Crippen molar-refractivity contribution in [3.63, 3.8) is 0 Å². The first-order valence-corrected chi connectivity index (χ1v) is 14.1. The van der Waals surface area contributed by atoms with Crippen molar-refractivity contribution in [1.29, 1.82) is 0 Å². The lowest BCUT2D eigenvalue weighted by atomic mass is 10.0. The minimum atomic E-state index is -2.60. The van der Waals surface area contributed by atoms with Gasteiger partial charge in [0.1, 0.15) is 31.0 Å². The summed E-state index contributed by atoms with van der Waals surface area (Å²) < 4.78 is 46.8. The number of halogens is 3. The summed E-state index contributed by atoms with van der Waals surface area (Å²) in [5, 5.41) is 5.87. The molecule has 3 aliphatic heterocycles. The molecule has 3 aliphatic rings. The number of piperidine rings is 1. The maximum atomic E-state index is 14.5. The van der Waals surface area contributed by atoms with Crippen LogP contribution in [0.4, 0.5) is 18.3 Å². The van der Waals surface area contributed by atoms with Crippen LogP contribution in [0.5, 0.6) is 0 Å². The van der Waals surface area contributed by atoms with Crippen molar-refractivity contribution in [2.24, 2.45) is 5.92 Å². The summed E-state index contributed by atoms with van der Waals surface area (Å²) in [4.78, 5) is 33.7. The van der Waals surface area contributed by atoms with E-state index in [2.05, 4.69) is 16.9 Å². The summed E-state index contributed by atoms with van der Waals surface area (Å²) in [5.74, 6) is -3.03. The topological polar surface area (TPSA) is 74.8 Å². The Labute approximate surface area is 230 Å². The Hall–Kier alpha value is -2.92. The second-order valence-electron chi connectivity index (χ2n) is 10.9. The quantitative estimate of drug-likeness (QED) is 0.510. The second-order valence-corrected chi connectivity index (χ2v) is 11.8. The zero-order valence-corrected chi connectivity index (χ0v) is 22.9. The number of nitrogens with one attached hydrogen (secondary N) is 1. The Morgan fingerprint density at radius 1 is 1.26 bits per heavy atom. The monoisotopic (exact) mass is 562 g/mol. The molecule has 0 saturated carbocycles. The van der Waals surface area contributed by atoms with Gasteiger partial charge in [0.2, 0.25) is 5.91 Å². The first-order chi connectivity index (χ1) is 18.5. The van der Waals surface area contributed by atoms with Crippen molar-refractivity contribution in [3.8, 4) is 11.3 Å². The number of carbonyl (C=O) groups is 2. The number of likely N-dealkylation sites (tertiary alicyclic amines) is 1. The number of benzene rings is 1. The first kappa shape index (κ1) is 27.6. The van der Waals surface area contributed by atoms with Crippen LogP contribution in [0, 0.1) is 5.92 Å². The highest BCUT2D eigenvalue weighted by molar-refractivity contribution is 7.14. The summed E-state index contributed by atoms with van der Waals surface area (Å²) in [5.41, 5.74) is 2.95. The van der Waals surface area contributed by atoms with Crippen LogP contribution in [0.1, 0.15) is 38.7 Å². The smallest absolute Gasteiger partial charge is 0.251 e. The molecule has 3 fully saturated rings. The molecule has 4 heterocycles. The van der Waals surface area contributed by atoms with E-state index in [0.29, 0.717) is 12.1 Å². The van der Waals surface area contributed by atoms with Crippen molar-refractivity contribution in [3.05, 3.63) is 41.8 Å². The Bertz CT molecular complexity index is 1220. The number of ketones is 1. The number of nitrogens with zero attached hydrogens (tertiary/aromatic N) is 3. The fourth-order valence-corrected chi connectivity index (χ4v) is 6.31. The number of thiazole rings is 1. The predicted molar refractivity (Wildman–Crippen MR) is 145 cm³/mol. The molecule has 210 valence electrons. The molecule has 7 nitrogen and oxygen atoms in total. The first-order valence-electron chi connectivity index (χ1n) is 13.3. The van der Waals surface area contributed by atoms with E-state index in [1.165, 1.54) is 16.2 Å². The maximum Gasteiger partial charge on any atom is 0.251 e. The molecular formula is C28H33F3N4O3S. The number of anilines is 1. The standard InChI is InChI=1S/C28H33F3N4O3S/c1-16(2)12-21(26(37)35-13-20(29)25-24(35)23(36)14-38-25)32-17(3)18-4-6-19(7-5-18)22-15-39-27(33-22)34-10-8-28(30,31)9-11-34/h4-7,15-16,20-21,24-25,32H,3,8-14H2,1-2H3/t20-,21?,24+,25+/m0/s1. The Morgan fingerprint density at radius 2 is 1.95 bits per heavy atom. The summed E-state index contributed by atoms with van der Waals surface area (Å²) in [7, 11) is 0. The number of carbonyl (C=O) groups excluding carboxylic acids is 2. The Balaban J connectivity index is 1.25. The van der Waals surface area contributed by atoms with Crippen molar-refractivity contribution < 1.29 is 27.5 Å². The van der Waals surface area contributed by atoms with Gasteiger partial charge < -0.3 is 19.9 Å². The summed E-state index contributed by atoms with van der Waals surface area (Å²) in [6, 6.07) is 6.01. The molecule has 0 bridgehead atoms. The van der Waals surface area contributed by atoms with E-state index in [1.807, 2.05) is 48.4 Å². The zero-order valence-electron chi connectivity index (χ0n) is 22.0. The molecule has 1 aromatic carbocycles. The summed E-state index contributed by atoms with van der Waals surface area (Å²) in [6.45, 7) is 8.35. The number of fused-ring (bicyclic) bond motifs is 1. The van der Waals surface area contributed by atoms with E-state index >= 15 is 0 Å². The number of aromatic nitrogens is 1. The van der Waals surface area contributed by atoms with Crippen LogP contribution in [0.25, 0.3) is 17.0 Å². The fourth-order valence-electron chi connectivity index (χ4n) is 5.42. The van der Waals surface area contributed by atoms with Crippen LogP contribution in [0.3, 0.4) is 0 Å². The van der Waals surface area contributed by atoms with Crippen molar-refractivity contribution in [2.45, 2.75) is 63.4 Å². The second kappa shape index (κ2) is 10.9. The number of amides is 1. The Kier molecular flexibility index (Phi) is 7.74. The van der Waals surface area contributed by atoms with Crippen LogP contribution >= 0.6 is 11.3 Å². The molecule has 1 unspecified atom stereocenters. The maximum absolute atomic E-state index is 14.5. The number of rotatable bonds is 8. The van der Waals surface area contributed by atoms with E-state index < -0.39 is 30.3 Å². The number of hydrogen-bond acceptors (Lipinski definition) is 7. The summed E-state index contributed by atoms with van der Waals surface area (Å²) >= 11 is 1.44. The molecular weight excluding hydrogens is 529 g/mol. The van der Waals surface area contributed by atoms with Gasteiger partial charge in [-0.25, -0.2) is 18.2 Å². The van der Waals surface area contributed by atoms with Gasteiger partial charge in [-0.2, -0.15) is 0 Å². The van der Waals surface area contributed by atoms with E-state index in [9.17, 15) is 22.8 Å². The molecule has 1 aromatic heterocycles. The molecule has 4 atom stereocenters. The van der Waals surface area contributed by atoms with Gasteiger partial charge in [0, 0.05) is 42.6 Å². The highest BCUT2D eigenvalue weighted by Gasteiger charge is 2.53. The molecule has 0 aliphatic carbocycles.